The fourth-order valence-electron chi connectivity index (χ4n) is 1.45. The van der Waals surface area contributed by atoms with Gasteiger partial charge in [-0.3, -0.25) is 0 Å². The summed E-state index contributed by atoms with van der Waals surface area (Å²) in [7, 11) is 0. The van der Waals surface area contributed by atoms with Crippen molar-refractivity contribution < 1.29 is 14.6 Å². The van der Waals surface area contributed by atoms with Gasteiger partial charge in [0.2, 0.25) is 0 Å². The van der Waals surface area contributed by atoms with Crippen LogP contribution >= 0.6 is 15.9 Å². The minimum Gasteiger partial charge on any atom is -0.504 e. The van der Waals surface area contributed by atoms with Crippen LogP contribution in [0.2, 0.25) is 0 Å². The second kappa shape index (κ2) is 6.31. The summed E-state index contributed by atoms with van der Waals surface area (Å²) in [5.41, 5.74) is 0. The largest absolute Gasteiger partial charge is 0.504 e. The maximum Gasteiger partial charge on any atom is 0.161 e. The molecule has 2 aromatic rings. The van der Waals surface area contributed by atoms with Crippen molar-refractivity contribution >= 4 is 15.9 Å². The first-order valence-corrected chi connectivity index (χ1v) is 6.34. The molecule has 0 heterocycles. The van der Waals surface area contributed by atoms with Gasteiger partial charge in [0.1, 0.15) is 19.0 Å². The molecule has 4 heteroatoms. The van der Waals surface area contributed by atoms with Crippen LogP contribution in [0.25, 0.3) is 0 Å². The normalized spacial score (nSPS) is 10.1. The Morgan fingerprint density at radius 2 is 1.72 bits per heavy atom. The van der Waals surface area contributed by atoms with Gasteiger partial charge < -0.3 is 14.6 Å². The second-order valence-electron chi connectivity index (χ2n) is 3.62. The number of halogens is 1. The monoisotopic (exact) mass is 308 g/mol. The highest BCUT2D eigenvalue weighted by Gasteiger charge is 2.00. The highest BCUT2D eigenvalue weighted by Crippen LogP contribution is 2.24. The molecular formula is C14H13BrO3. The van der Waals surface area contributed by atoms with Crippen molar-refractivity contribution in [1.82, 2.24) is 0 Å². The lowest BCUT2D eigenvalue weighted by atomic mass is 10.3. The number of benzene rings is 2. The van der Waals surface area contributed by atoms with Crippen LogP contribution in [-0.2, 0) is 0 Å². The van der Waals surface area contributed by atoms with E-state index in [1.807, 2.05) is 30.3 Å². The van der Waals surface area contributed by atoms with Gasteiger partial charge in [0, 0.05) is 4.47 Å². The number of hydrogen-bond acceptors (Lipinski definition) is 3. The third-order valence-corrected chi connectivity index (χ3v) is 2.76. The van der Waals surface area contributed by atoms with Crippen LogP contribution in [0.3, 0.4) is 0 Å². The smallest absolute Gasteiger partial charge is 0.161 e. The van der Waals surface area contributed by atoms with Crippen LogP contribution in [0.4, 0.5) is 0 Å². The van der Waals surface area contributed by atoms with Crippen molar-refractivity contribution in [3.05, 3.63) is 53.0 Å². The SMILES string of the molecule is Oc1ccccc1OCCOc1cccc(Br)c1. The predicted octanol–water partition coefficient (Wildman–Crippen LogP) is 3.61. The maximum atomic E-state index is 9.49. The summed E-state index contributed by atoms with van der Waals surface area (Å²) in [4.78, 5) is 0. The van der Waals surface area contributed by atoms with E-state index in [1.54, 1.807) is 18.2 Å². The lowest BCUT2D eigenvalue weighted by molar-refractivity contribution is 0.212. The van der Waals surface area contributed by atoms with Crippen molar-refractivity contribution in [2.24, 2.45) is 0 Å². The standard InChI is InChI=1S/C14H13BrO3/c15-11-4-3-5-12(10-11)17-8-9-18-14-7-2-1-6-13(14)16/h1-7,10,16H,8-9H2. The van der Waals surface area contributed by atoms with E-state index in [4.69, 9.17) is 9.47 Å². The van der Waals surface area contributed by atoms with Crippen LogP contribution in [0, 0.1) is 0 Å². The van der Waals surface area contributed by atoms with E-state index >= 15 is 0 Å². The molecule has 18 heavy (non-hydrogen) atoms. The molecule has 0 bridgehead atoms. The summed E-state index contributed by atoms with van der Waals surface area (Å²) < 4.78 is 11.9. The van der Waals surface area contributed by atoms with E-state index in [0.29, 0.717) is 19.0 Å². The molecule has 0 aliphatic rings. The van der Waals surface area contributed by atoms with Gasteiger partial charge in [-0.25, -0.2) is 0 Å². The van der Waals surface area contributed by atoms with E-state index in [2.05, 4.69) is 15.9 Å². The van der Waals surface area contributed by atoms with Gasteiger partial charge in [-0.05, 0) is 30.3 Å². The van der Waals surface area contributed by atoms with Gasteiger partial charge in [-0.1, -0.05) is 34.1 Å². The van der Waals surface area contributed by atoms with Gasteiger partial charge in [0.15, 0.2) is 11.5 Å². The van der Waals surface area contributed by atoms with Crippen LogP contribution in [-0.4, -0.2) is 18.3 Å². The molecule has 0 spiro atoms. The average Bonchev–Trinajstić information content (AvgIpc) is 2.37. The molecule has 0 fully saturated rings. The zero-order chi connectivity index (χ0) is 12.8. The van der Waals surface area contributed by atoms with Gasteiger partial charge in [0.25, 0.3) is 0 Å². The number of phenolic OH excluding ortho intramolecular Hbond substituents is 1. The highest BCUT2D eigenvalue weighted by molar-refractivity contribution is 9.10. The maximum absolute atomic E-state index is 9.49. The Balaban J connectivity index is 1.78. The molecule has 3 nitrogen and oxygen atoms in total. The quantitative estimate of drug-likeness (QED) is 0.858. The number of hydrogen-bond donors (Lipinski definition) is 1. The van der Waals surface area contributed by atoms with Crippen molar-refractivity contribution in [2.75, 3.05) is 13.2 Å². The second-order valence-corrected chi connectivity index (χ2v) is 4.54. The zero-order valence-electron chi connectivity index (χ0n) is 9.67. The molecule has 0 unspecified atom stereocenters. The molecule has 0 aliphatic heterocycles. The lowest BCUT2D eigenvalue weighted by Gasteiger charge is -2.09. The minimum atomic E-state index is 0.139. The number of aromatic hydroxyl groups is 1. The Morgan fingerprint density at radius 1 is 0.944 bits per heavy atom. The number of rotatable bonds is 5. The molecule has 2 rings (SSSR count). The van der Waals surface area contributed by atoms with E-state index in [0.717, 1.165) is 10.2 Å². The Morgan fingerprint density at radius 3 is 2.50 bits per heavy atom. The summed E-state index contributed by atoms with van der Waals surface area (Å²) in [6, 6.07) is 14.5. The Bertz CT molecular complexity index is 514. The molecular weight excluding hydrogens is 296 g/mol. The Hall–Kier alpha value is -1.68. The summed E-state index contributed by atoms with van der Waals surface area (Å²) in [6.45, 7) is 0.800. The fraction of sp³-hybridized carbons (Fsp3) is 0.143. The van der Waals surface area contributed by atoms with Gasteiger partial charge >= 0.3 is 0 Å². The van der Waals surface area contributed by atoms with E-state index in [-0.39, 0.29) is 5.75 Å². The molecule has 0 saturated carbocycles. The van der Waals surface area contributed by atoms with Crippen molar-refractivity contribution in [2.45, 2.75) is 0 Å². The summed E-state index contributed by atoms with van der Waals surface area (Å²) in [6.07, 6.45) is 0. The third-order valence-electron chi connectivity index (χ3n) is 2.27. The third kappa shape index (κ3) is 3.67. The summed E-state index contributed by atoms with van der Waals surface area (Å²) >= 11 is 3.37. The minimum absolute atomic E-state index is 0.139. The van der Waals surface area contributed by atoms with E-state index in [1.165, 1.54) is 0 Å². The zero-order valence-corrected chi connectivity index (χ0v) is 11.3. The van der Waals surface area contributed by atoms with Crippen LogP contribution in [0.1, 0.15) is 0 Å². The van der Waals surface area contributed by atoms with Crippen LogP contribution in [0.15, 0.2) is 53.0 Å². The fourth-order valence-corrected chi connectivity index (χ4v) is 1.83. The highest BCUT2D eigenvalue weighted by atomic mass is 79.9. The molecule has 0 amide bonds. The summed E-state index contributed by atoms with van der Waals surface area (Å²) in [5.74, 6) is 1.39. The molecule has 0 saturated heterocycles. The number of phenols is 1. The molecule has 0 radical (unpaired) electrons. The predicted molar refractivity (Wildman–Crippen MR) is 73.2 cm³/mol. The topological polar surface area (TPSA) is 38.7 Å². The first kappa shape index (κ1) is 12.8. The molecule has 1 N–H and O–H groups in total. The Kier molecular flexibility index (Phi) is 4.47. The molecule has 0 atom stereocenters. The first-order chi connectivity index (χ1) is 8.75. The van der Waals surface area contributed by atoms with Crippen molar-refractivity contribution in [3.8, 4) is 17.2 Å². The van der Waals surface area contributed by atoms with Crippen molar-refractivity contribution in [3.63, 3.8) is 0 Å². The molecule has 0 aliphatic carbocycles. The van der Waals surface area contributed by atoms with Crippen LogP contribution < -0.4 is 9.47 Å². The average molecular weight is 309 g/mol. The van der Waals surface area contributed by atoms with Gasteiger partial charge in [-0.2, -0.15) is 0 Å². The lowest BCUT2D eigenvalue weighted by Crippen LogP contribution is -2.08. The first-order valence-electron chi connectivity index (χ1n) is 5.55. The van der Waals surface area contributed by atoms with Gasteiger partial charge in [-0.15, -0.1) is 0 Å². The van der Waals surface area contributed by atoms with Crippen molar-refractivity contribution in [1.29, 1.82) is 0 Å². The number of para-hydroxylation sites is 2. The van der Waals surface area contributed by atoms with Gasteiger partial charge in [0.05, 0.1) is 0 Å². The number of ether oxygens (including phenoxy) is 2. The van der Waals surface area contributed by atoms with E-state index < -0.39 is 0 Å². The summed E-state index contributed by atoms with van der Waals surface area (Å²) in [5, 5.41) is 9.49. The molecule has 2 aromatic carbocycles. The molecule has 94 valence electrons. The van der Waals surface area contributed by atoms with E-state index in [9.17, 15) is 5.11 Å². The Labute approximate surface area is 114 Å². The molecule has 0 aromatic heterocycles. The van der Waals surface area contributed by atoms with Crippen LogP contribution in [0.5, 0.6) is 17.2 Å².